The van der Waals surface area contributed by atoms with Gasteiger partial charge in [-0.15, -0.1) is 0 Å². The summed E-state index contributed by atoms with van der Waals surface area (Å²) >= 11 is 0. The molecule has 1 N–H and O–H groups in total. The summed E-state index contributed by atoms with van der Waals surface area (Å²) in [5.74, 6) is -0.899. The number of unbranched alkanes of at least 4 members (excludes halogenated alkanes) is 8. The number of nitrogens with zero attached hydrogens (tertiary/aromatic N) is 1. The zero-order valence-corrected chi connectivity index (χ0v) is 22.1. The molecule has 34 heavy (non-hydrogen) atoms. The second-order valence-corrected chi connectivity index (χ2v) is 9.30. The minimum absolute atomic E-state index is 0.0776. The van der Waals surface area contributed by atoms with Crippen molar-refractivity contribution in [3.05, 3.63) is 24.3 Å². The molecule has 0 heterocycles. The molecule has 0 aromatic rings. The Hall–Kier alpha value is -1.66. The predicted octanol–water partition coefficient (Wildman–Crippen LogP) is 5.84. The van der Waals surface area contributed by atoms with E-state index in [2.05, 4.69) is 31.2 Å². The molecule has 0 bridgehead atoms. The molecular weight excluding hydrogens is 430 g/mol. The lowest BCUT2D eigenvalue weighted by Gasteiger charge is -2.15. The molecule has 1 unspecified atom stereocenters. The summed E-state index contributed by atoms with van der Waals surface area (Å²) in [5, 5.41) is 9.42. The average Bonchev–Trinajstić information content (AvgIpc) is 2.81. The van der Waals surface area contributed by atoms with Crippen molar-refractivity contribution >= 4 is 11.9 Å². The van der Waals surface area contributed by atoms with Gasteiger partial charge in [0.2, 0.25) is 0 Å². The minimum atomic E-state index is -0.369. The van der Waals surface area contributed by atoms with Crippen molar-refractivity contribution in [3.63, 3.8) is 0 Å². The quantitative estimate of drug-likeness (QED) is 0.112. The number of rotatable bonds is 23. The van der Waals surface area contributed by atoms with E-state index in [0.717, 1.165) is 45.1 Å². The van der Waals surface area contributed by atoms with Crippen molar-refractivity contribution in [1.82, 2.24) is 4.90 Å². The van der Waals surface area contributed by atoms with Gasteiger partial charge in [-0.2, -0.15) is 0 Å². The van der Waals surface area contributed by atoms with E-state index >= 15 is 0 Å². The van der Waals surface area contributed by atoms with Crippen molar-refractivity contribution in [2.24, 2.45) is 5.92 Å². The van der Waals surface area contributed by atoms with Crippen LogP contribution in [-0.4, -0.2) is 62.4 Å². The minimum Gasteiger partial charge on any atom is -0.465 e. The Balaban J connectivity index is 3.61. The Labute approximate surface area is 208 Å². The van der Waals surface area contributed by atoms with E-state index in [1.54, 1.807) is 0 Å². The van der Waals surface area contributed by atoms with E-state index in [-0.39, 0.29) is 37.7 Å². The molecule has 0 spiro atoms. The number of aliphatic hydroxyl groups is 1. The normalized spacial score (nSPS) is 12.6. The standard InChI is InChI=1S/C28H51NO5/c1-4-5-6-7-8-9-10-11-12-13-14-15-16-17-18-20-27(31)33-24-26(23-30)25-34-28(32)21-19-22-29(2)3/h8-9,11-12,26,30H,4-7,10,13-25H2,1-3H3/b9-8-,12-11-. The second kappa shape index (κ2) is 24.5. The molecule has 0 aromatic carbocycles. The lowest BCUT2D eigenvalue weighted by Crippen LogP contribution is -2.24. The molecule has 0 aliphatic heterocycles. The van der Waals surface area contributed by atoms with Gasteiger partial charge in [-0.05, 0) is 65.6 Å². The van der Waals surface area contributed by atoms with Crippen molar-refractivity contribution in [1.29, 1.82) is 0 Å². The summed E-state index contributed by atoms with van der Waals surface area (Å²) in [6.45, 7) is 3.04. The number of hydrogen-bond donors (Lipinski definition) is 1. The van der Waals surface area contributed by atoms with Crippen LogP contribution >= 0.6 is 0 Å². The molecule has 0 rings (SSSR count). The number of allylic oxidation sites excluding steroid dienone is 4. The maximum absolute atomic E-state index is 11.9. The van der Waals surface area contributed by atoms with E-state index in [1.165, 1.54) is 38.5 Å². The highest BCUT2D eigenvalue weighted by atomic mass is 16.5. The number of carbonyl (C=O) groups excluding carboxylic acids is 2. The van der Waals surface area contributed by atoms with Gasteiger partial charge in [0.25, 0.3) is 0 Å². The Morgan fingerprint density at radius 2 is 1.29 bits per heavy atom. The molecule has 1 atom stereocenters. The molecule has 0 amide bonds. The van der Waals surface area contributed by atoms with Crippen LogP contribution in [0.25, 0.3) is 0 Å². The third-order valence-electron chi connectivity index (χ3n) is 5.54. The fraction of sp³-hybridized carbons (Fsp3) is 0.786. The van der Waals surface area contributed by atoms with Crippen LogP contribution in [0.1, 0.15) is 96.8 Å². The van der Waals surface area contributed by atoms with Crippen LogP contribution in [0.2, 0.25) is 0 Å². The molecular formula is C28H51NO5. The lowest BCUT2D eigenvalue weighted by molar-refractivity contribution is -0.149. The summed E-state index contributed by atoms with van der Waals surface area (Å²) in [6, 6.07) is 0. The van der Waals surface area contributed by atoms with Crippen molar-refractivity contribution < 1.29 is 24.2 Å². The van der Waals surface area contributed by atoms with Gasteiger partial charge in [0.1, 0.15) is 0 Å². The summed E-state index contributed by atoms with van der Waals surface area (Å²) in [5.41, 5.74) is 0. The predicted molar refractivity (Wildman–Crippen MR) is 140 cm³/mol. The van der Waals surface area contributed by atoms with Crippen LogP contribution in [-0.2, 0) is 19.1 Å². The highest BCUT2D eigenvalue weighted by molar-refractivity contribution is 5.69. The van der Waals surface area contributed by atoms with Crippen LogP contribution in [0.3, 0.4) is 0 Å². The zero-order chi connectivity index (χ0) is 25.3. The van der Waals surface area contributed by atoms with Gasteiger partial charge in [0, 0.05) is 12.8 Å². The Morgan fingerprint density at radius 3 is 1.85 bits per heavy atom. The largest absolute Gasteiger partial charge is 0.465 e. The molecule has 198 valence electrons. The van der Waals surface area contributed by atoms with E-state index in [1.807, 2.05) is 19.0 Å². The van der Waals surface area contributed by atoms with Crippen molar-refractivity contribution in [3.8, 4) is 0 Å². The van der Waals surface area contributed by atoms with Gasteiger partial charge in [0.15, 0.2) is 0 Å². The van der Waals surface area contributed by atoms with Gasteiger partial charge < -0.3 is 19.5 Å². The summed E-state index contributed by atoms with van der Waals surface area (Å²) in [6.07, 6.45) is 23.1. The third-order valence-corrected chi connectivity index (χ3v) is 5.54. The highest BCUT2D eigenvalue weighted by Crippen LogP contribution is 2.09. The third kappa shape index (κ3) is 23.5. The number of aliphatic hydroxyl groups excluding tert-OH is 1. The summed E-state index contributed by atoms with van der Waals surface area (Å²) < 4.78 is 10.4. The van der Waals surface area contributed by atoms with Gasteiger partial charge >= 0.3 is 11.9 Å². The zero-order valence-electron chi connectivity index (χ0n) is 22.1. The maximum atomic E-state index is 11.9. The summed E-state index contributed by atoms with van der Waals surface area (Å²) in [7, 11) is 3.91. The van der Waals surface area contributed by atoms with Crippen molar-refractivity contribution in [2.45, 2.75) is 96.8 Å². The molecule has 0 fully saturated rings. The second-order valence-electron chi connectivity index (χ2n) is 9.30. The Kier molecular flexibility index (Phi) is 23.3. The van der Waals surface area contributed by atoms with Gasteiger partial charge in [-0.1, -0.05) is 63.3 Å². The fourth-order valence-electron chi connectivity index (χ4n) is 3.34. The topological polar surface area (TPSA) is 76.1 Å². The maximum Gasteiger partial charge on any atom is 0.305 e. The van der Waals surface area contributed by atoms with Crippen LogP contribution in [0, 0.1) is 5.92 Å². The molecule has 0 saturated heterocycles. The van der Waals surface area contributed by atoms with E-state index in [9.17, 15) is 14.7 Å². The fourth-order valence-corrected chi connectivity index (χ4v) is 3.34. The van der Waals surface area contributed by atoms with E-state index in [4.69, 9.17) is 9.47 Å². The van der Waals surface area contributed by atoms with Gasteiger partial charge in [0.05, 0.1) is 25.7 Å². The first-order valence-corrected chi connectivity index (χ1v) is 13.4. The van der Waals surface area contributed by atoms with Crippen molar-refractivity contribution in [2.75, 3.05) is 40.5 Å². The van der Waals surface area contributed by atoms with Gasteiger partial charge in [-0.3, -0.25) is 9.59 Å². The Morgan fingerprint density at radius 1 is 0.765 bits per heavy atom. The molecule has 6 nitrogen and oxygen atoms in total. The summed E-state index contributed by atoms with van der Waals surface area (Å²) in [4.78, 5) is 25.6. The van der Waals surface area contributed by atoms with Crippen LogP contribution in [0.4, 0.5) is 0 Å². The molecule has 6 heteroatoms. The SMILES string of the molecule is CCCCC/C=C\C/C=C\CCCCCCCC(=O)OCC(CO)COC(=O)CCCN(C)C. The number of esters is 2. The van der Waals surface area contributed by atoms with Crippen LogP contribution in [0.15, 0.2) is 24.3 Å². The average molecular weight is 482 g/mol. The first-order chi connectivity index (χ1) is 16.5. The first-order valence-electron chi connectivity index (χ1n) is 13.4. The van der Waals surface area contributed by atoms with Crippen LogP contribution < -0.4 is 0 Å². The highest BCUT2D eigenvalue weighted by Gasteiger charge is 2.14. The lowest BCUT2D eigenvalue weighted by atomic mass is 10.1. The molecule has 0 saturated carbocycles. The first kappa shape index (κ1) is 32.3. The van der Waals surface area contributed by atoms with Crippen LogP contribution in [0.5, 0.6) is 0 Å². The Bertz CT molecular complexity index is 545. The molecule has 0 aliphatic carbocycles. The van der Waals surface area contributed by atoms with Gasteiger partial charge in [-0.25, -0.2) is 0 Å². The van der Waals surface area contributed by atoms with E-state index in [0.29, 0.717) is 12.8 Å². The molecule has 0 aromatic heterocycles. The molecule has 0 radical (unpaired) electrons. The number of ether oxygens (including phenoxy) is 2. The number of carbonyl (C=O) groups is 2. The molecule has 0 aliphatic rings. The number of hydrogen-bond acceptors (Lipinski definition) is 6. The monoisotopic (exact) mass is 481 g/mol. The smallest absolute Gasteiger partial charge is 0.305 e. The van der Waals surface area contributed by atoms with E-state index < -0.39 is 0 Å².